The SMILES string of the molecule is COC(=O)C(F)(F)CC(I)CCCCO[Si](C)(C)C(C)(C)C. The summed E-state index contributed by atoms with van der Waals surface area (Å²) in [5.74, 6) is -4.84. The van der Waals surface area contributed by atoms with Gasteiger partial charge in [-0.05, 0) is 31.0 Å². The molecule has 0 spiro atoms. The Morgan fingerprint density at radius 1 is 1.23 bits per heavy atom. The van der Waals surface area contributed by atoms with Crippen LogP contribution >= 0.6 is 22.6 Å². The molecule has 0 aromatic carbocycles. The van der Waals surface area contributed by atoms with Crippen molar-refractivity contribution in [3.63, 3.8) is 0 Å². The molecule has 0 aliphatic carbocycles. The highest BCUT2D eigenvalue weighted by Crippen LogP contribution is 2.36. The number of hydrogen-bond donors (Lipinski definition) is 0. The molecule has 0 radical (unpaired) electrons. The monoisotopic (exact) mass is 450 g/mol. The maximum absolute atomic E-state index is 13.4. The van der Waals surface area contributed by atoms with E-state index in [1.807, 2.05) is 22.6 Å². The van der Waals surface area contributed by atoms with Gasteiger partial charge in [0, 0.05) is 17.0 Å². The number of halogens is 3. The summed E-state index contributed by atoms with van der Waals surface area (Å²) in [6, 6.07) is 0. The van der Waals surface area contributed by atoms with Gasteiger partial charge < -0.3 is 9.16 Å². The first kappa shape index (κ1) is 22.2. The molecule has 7 heteroatoms. The van der Waals surface area contributed by atoms with Gasteiger partial charge >= 0.3 is 11.9 Å². The molecule has 0 saturated carbocycles. The molecule has 0 fully saturated rings. The predicted octanol–water partition coefficient (Wildman–Crippen LogP) is 5.18. The van der Waals surface area contributed by atoms with Crippen LogP contribution in [0.15, 0.2) is 0 Å². The minimum atomic E-state index is -3.39. The Balaban J connectivity index is 4.01. The van der Waals surface area contributed by atoms with Crippen molar-refractivity contribution in [1.29, 1.82) is 0 Å². The van der Waals surface area contributed by atoms with Gasteiger partial charge in [0.2, 0.25) is 0 Å². The average molecular weight is 450 g/mol. The van der Waals surface area contributed by atoms with E-state index in [9.17, 15) is 13.6 Å². The number of carbonyl (C=O) groups excluding carboxylic acids is 1. The Morgan fingerprint density at radius 3 is 2.23 bits per heavy atom. The Hall–Kier alpha value is 0.237. The normalized spacial score (nSPS) is 14.8. The van der Waals surface area contributed by atoms with Crippen LogP contribution in [0.1, 0.15) is 46.5 Å². The minimum Gasteiger partial charge on any atom is -0.465 e. The summed E-state index contributed by atoms with van der Waals surface area (Å²) in [6.45, 7) is 11.6. The van der Waals surface area contributed by atoms with E-state index in [4.69, 9.17) is 4.43 Å². The lowest BCUT2D eigenvalue weighted by Gasteiger charge is -2.36. The van der Waals surface area contributed by atoms with Gasteiger partial charge in [-0.3, -0.25) is 0 Å². The first-order chi connectivity index (χ1) is 9.83. The summed E-state index contributed by atoms with van der Waals surface area (Å²) in [5, 5.41) is 0.182. The van der Waals surface area contributed by atoms with E-state index in [2.05, 4.69) is 38.6 Å². The van der Waals surface area contributed by atoms with Gasteiger partial charge in [-0.1, -0.05) is 49.8 Å². The molecule has 0 aromatic heterocycles. The van der Waals surface area contributed by atoms with E-state index in [0.717, 1.165) is 20.0 Å². The lowest BCUT2D eigenvalue weighted by Crippen LogP contribution is -2.40. The molecule has 0 heterocycles. The maximum Gasteiger partial charge on any atom is 0.376 e. The van der Waals surface area contributed by atoms with E-state index in [-0.39, 0.29) is 8.96 Å². The van der Waals surface area contributed by atoms with Crippen LogP contribution in [0.5, 0.6) is 0 Å². The summed E-state index contributed by atoms with van der Waals surface area (Å²) < 4.78 is 36.8. The van der Waals surface area contributed by atoms with E-state index >= 15 is 0 Å². The molecule has 132 valence electrons. The lowest BCUT2D eigenvalue weighted by molar-refractivity contribution is -0.169. The van der Waals surface area contributed by atoms with Gasteiger partial charge in [-0.2, -0.15) is 8.78 Å². The van der Waals surface area contributed by atoms with Crippen LogP contribution in [0.2, 0.25) is 18.1 Å². The summed E-state index contributed by atoms with van der Waals surface area (Å²) >= 11 is 1.98. The van der Waals surface area contributed by atoms with Crippen LogP contribution in [0.25, 0.3) is 0 Å². The summed E-state index contributed by atoms with van der Waals surface area (Å²) in [4.78, 5) is 11.0. The second kappa shape index (κ2) is 8.91. The standard InChI is InChI=1S/C15H29F2IO3Si/c1-14(2,3)22(5,6)21-10-8-7-9-12(18)11-15(16,17)13(19)20-4/h12H,7-11H2,1-6H3. The summed E-state index contributed by atoms with van der Waals surface area (Å²) in [5.41, 5.74) is 0. The summed E-state index contributed by atoms with van der Waals surface area (Å²) in [6.07, 6.45) is 1.85. The van der Waals surface area contributed by atoms with Crippen molar-refractivity contribution >= 4 is 36.9 Å². The van der Waals surface area contributed by atoms with Gasteiger partial charge in [0.1, 0.15) is 0 Å². The van der Waals surface area contributed by atoms with Crippen molar-refractivity contribution in [2.45, 2.75) is 74.4 Å². The Bertz CT molecular complexity index is 357. The quantitative estimate of drug-likeness (QED) is 0.160. The molecule has 0 N–H and O–H groups in total. The smallest absolute Gasteiger partial charge is 0.376 e. The average Bonchev–Trinajstić information content (AvgIpc) is 2.35. The van der Waals surface area contributed by atoms with E-state index in [1.54, 1.807) is 0 Å². The predicted molar refractivity (Wildman–Crippen MR) is 96.4 cm³/mol. The van der Waals surface area contributed by atoms with Crippen molar-refractivity contribution in [1.82, 2.24) is 0 Å². The van der Waals surface area contributed by atoms with E-state index in [1.165, 1.54) is 0 Å². The third kappa shape index (κ3) is 7.67. The largest absolute Gasteiger partial charge is 0.465 e. The first-order valence-electron chi connectivity index (χ1n) is 7.58. The zero-order chi connectivity index (χ0) is 17.6. The van der Waals surface area contributed by atoms with Gasteiger partial charge in [0.25, 0.3) is 0 Å². The summed E-state index contributed by atoms with van der Waals surface area (Å²) in [7, 11) is -0.740. The van der Waals surface area contributed by atoms with Gasteiger partial charge in [-0.15, -0.1) is 0 Å². The molecule has 0 bridgehead atoms. The van der Waals surface area contributed by atoms with Gasteiger partial charge in [-0.25, -0.2) is 4.79 Å². The fourth-order valence-corrected chi connectivity index (χ4v) is 3.71. The first-order valence-corrected chi connectivity index (χ1v) is 11.7. The number of rotatable bonds is 9. The van der Waals surface area contributed by atoms with Crippen LogP contribution < -0.4 is 0 Å². The Kier molecular flexibility index (Phi) is 9.01. The Labute approximate surface area is 147 Å². The molecule has 0 rings (SSSR count). The van der Waals surface area contributed by atoms with Crippen LogP contribution in [0, 0.1) is 0 Å². The van der Waals surface area contributed by atoms with Crippen molar-refractivity contribution in [3.05, 3.63) is 0 Å². The van der Waals surface area contributed by atoms with Crippen LogP contribution in [-0.4, -0.2) is 37.9 Å². The lowest BCUT2D eigenvalue weighted by atomic mass is 10.1. The van der Waals surface area contributed by atoms with Crippen LogP contribution in [0.4, 0.5) is 8.78 Å². The van der Waals surface area contributed by atoms with Gasteiger partial charge in [0.05, 0.1) is 7.11 Å². The van der Waals surface area contributed by atoms with Crippen molar-refractivity contribution in [2.75, 3.05) is 13.7 Å². The van der Waals surface area contributed by atoms with Crippen LogP contribution in [-0.2, 0) is 14.0 Å². The topological polar surface area (TPSA) is 35.5 Å². The second-order valence-corrected chi connectivity index (χ2v) is 13.7. The number of unbranched alkanes of at least 4 members (excludes halogenated alkanes) is 1. The second-order valence-electron chi connectivity index (χ2n) is 7.10. The number of hydrogen-bond acceptors (Lipinski definition) is 3. The fraction of sp³-hybridized carbons (Fsp3) is 0.933. The van der Waals surface area contributed by atoms with Crippen LogP contribution in [0.3, 0.4) is 0 Å². The number of alkyl halides is 3. The molecule has 22 heavy (non-hydrogen) atoms. The van der Waals surface area contributed by atoms with Gasteiger partial charge in [0.15, 0.2) is 8.32 Å². The molecule has 0 saturated heterocycles. The molecule has 1 unspecified atom stereocenters. The van der Waals surface area contributed by atoms with Crippen molar-refractivity contribution < 1.29 is 22.7 Å². The fourth-order valence-electron chi connectivity index (χ4n) is 1.62. The minimum absolute atomic E-state index is 0.182. The highest BCUT2D eigenvalue weighted by Gasteiger charge is 2.41. The molecular formula is C15H29F2IO3Si. The van der Waals surface area contributed by atoms with Crippen molar-refractivity contribution in [3.8, 4) is 0 Å². The third-order valence-corrected chi connectivity index (χ3v) is 9.74. The number of esters is 1. The number of methoxy groups -OCH3 is 1. The zero-order valence-corrected chi connectivity index (χ0v) is 17.6. The highest BCUT2D eigenvalue weighted by atomic mass is 127. The third-order valence-electron chi connectivity index (χ3n) is 4.14. The maximum atomic E-state index is 13.4. The number of ether oxygens (including phenoxy) is 1. The molecule has 1 atom stereocenters. The Morgan fingerprint density at radius 2 is 1.77 bits per heavy atom. The van der Waals surface area contributed by atoms with Crippen molar-refractivity contribution in [2.24, 2.45) is 0 Å². The molecule has 0 aromatic rings. The zero-order valence-electron chi connectivity index (χ0n) is 14.5. The molecule has 0 aliphatic heterocycles. The molecular weight excluding hydrogens is 421 g/mol. The molecule has 0 aliphatic rings. The number of carbonyl (C=O) groups is 1. The van der Waals surface area contributed by atoms with E-state index < -0.39 is 26.6 Å². The highest BCUT2D eigenvalue weighted by molar-refractivity contribution is 14.1. The molecule has 0 amide bonds. The molecule has 3 nitrogen and oxygen atoms in total. The van der Waals surface area contributed by atoms with E-state index in [0.29, 0.717) is 13.0 Å².